The monoisotopic (exact) mass is 834 g/mol. The molecule has 3 aliphatic rings. The zero-order valence-corrected chi connectivity index (χ0v) is 33.3. The van der Waals surface area contributed by atoms with Gasteiger partial charge in [-0.15, -0.1) is 0 Å². The van der Waals surface area contributed by atoms with Crippen molar-refractivity contribution in [1.29, 1.82) is 0 Å². The molecule has 286 valence electrons. The molecule has 4 rings (SSSR count). The summed E-state index contributed by atoms with van der Waals surface area (Å²) in [5, 5.41) is 15.6. The number of nitrogens with zero attached hydrogens (tertiary/aromatic N) is 2. The maximum absolute atomic E-state index is 13.7. The van der Waals surface area contributed by atoms with Crippen molar-refractivity contribution in [2.24, 2.45) is 22.2 Å². The summed E-state index contributed by atoms with van der Waals surface area (Å²) in [5.74, 6) is -0.852. The van der Waals surface area contributed by atoms with Gasteiger partial charge in [0.05, 0.1) is 25.4 Å². The summed E-state index contributed by atoms with van der Waals surface area (Å²) < 4.78 is 53.5. The molecule has 7 atom stereocenters. The van der Waals surface area contributed by atoms with Gasteiger partial charge in [0.1, 0.15) is 5.60 Å². The van der Waals surface area contributed by atoms with Crippen LogP contribution in [0, 0.1) is 22.2 Å². The summed E-state index contributed by atoms with van der Waals surface area (Å²) in [6.07, 6.45) is -1.33. The highest BCUT2D eigenvalue weighted by molar-refractivity contribution is 14.1. The average Bonchev–Trinajstić information content (AvgIpc) is 3.88. The third-order valence-corrected chi connectivity index (χ3v) is 11.7. The standard InChI is InChI=1S/C37H54F3IN4O6/c1-23(18-26(41)24-10-12-25(13-11-24)36(37(38,39)40)43-44(36)9)19-32(2,3)30(49)34(6,7)21-50-22-35(8)31(51-35)33(4,5)20-42-27(46)16-17-45-28(47)14-15-29(45)48/h10-15,23,26,30-31,43,49H,16-22H2,1-9H3,(H,42,46). The van der Waals surface area contributed by atoms with E-state index in [2.05, 4.69) is 54.1 Å². The number of alkyl halides is 4. The molecule has 0 bridgehead atoms. The number of amides is 3. The van der Waals surface area contributed by atoms with Crippen LogP contribution in [-0.2, 0) is 29.5 Å². The van der Waals surface area contributed by atoms with Crippen LogP contribution in [0.5, 0.6) is 0 Å². The molecular formula is C37H54F3IN4O6. The Morgan fingerprint density at radius 1 is 1.08 bits per heavy atom. The number of carbonyl (C=O) groups is 3. The first-order valence-corrected chi connectivity index (χ1v) is 18.7. The third-order valence-electron chi connectivity index (χ3n) is 10.5. The lowest BCUT2D eigenvalue weighted by atomic mass is 9.68. The van der Waals surface area contributed by atoms with Gasteiger partial charge < -0.3 is 19.9 Å². The number of aliphatic hydroxyl groups excluding tert-OH is 1. The number of benzene rings is 1. The van der Waals surface area contributed by atoms with Gasteiger partial charge in [-0.2, -0.15) is 13.2 Å². The topological polar surface area (TPSA) is 133 Å². The summed E-state index contributed by atoms with van der Waals surface area (Å²) in [5.41, 5.74) is -0.548. The van der Waals surface area contributed by atoms with E-state index in [1.165, 1.54) is 19.2 Å². The molecule has 51 heavy (non-hydrogen) atoms. The van der Waals surface area contributed by atoms with E-state index in [0.29, 0.717) is 19.8 Å². The first-order chi connectivity index (χ1) is 23.4. The molecule has 1 aromatic rings. The predicted molar refractivity (Wildman–Crippen MR) is 195 cm³/mol. The van der Waals surface area contributed by atoms with Crippen LogP contribution in [0.2, 0.25) is 0 Å². The van der Waals surface area contributed by atoms with Crippen LogP contribution in [0.3, 0.4) is 0 Å². The molecule has 14 heteroatoms. The van der Waals surface area contributed by atoms with Crippen molar-refractivity contribution in [1.82, 2.24) is 20.7 Å². The van der Waals surface area contributed by atoms with Crippen molar-refractivity contribution in [3.63, 3.8) is 0 Å². The van der Waals surface area contributed by atoms with Crippen LogP contribution >= 0.6 is 22.6 Å². The van der Waals surface area contributed by atoms with E-state index in [4.69, 9.17) is 9.47 Å². The van der Waals surface area contributed by atoms with E-state index in [9.17, 15) is 32.7 Å². The van der Waals surface area contributed by atoms with E-state index in [1.54, 1.807) is 24.3 Å². The van der Waals surface area contributed by atoms with Crippen molar-refractivity contribution in [3.05, 3.63) is 47.5 Å². The van der Waals surface area contributed by atoms with Crippen molar-refractivity contribution < 1.29 is 42.1 Å². The predicted octanol–water partition coefficient (Wildman–Crippen LogP) is 5.79. The lowest BCUT2D eigenvalue weighted by Crippen LogP contribution is -2.45. The first kappa shape index (κ1) is 41.6. The quantitative estimate of drug-likeness (QED) is 0.0734. The minimum Gasteiger partial charge on any atom is -0.392 e. The number of hydrogen-bond acceptors (Lipinski definition) is 8. The highest BCUT2D eigenvalue weighted by atomic mass is 127. The third kappa shape index (κ3) is 9.34. The average molecular weight is 835 g/mol. The highest BCUT2D eigenvalue weighted by Crippen LogP contribution is 2.50. The van der Waals surface area contributed by atoms with Gasteiger partial charge >= 0.3 is 6.18 Å². The largest absolute Gasteiger partial charge is 0.426 e. The molecule has 2 saturated heterocycles. The second-order valence-corrected chi connectivity index (χ2v) is 18.4. The number of hydrogen-bond donors (Lipinski definition) is 3. The van der Waals surface area contributed by atoms with Crippen molar-refractivity contribution >= 4 is 40.3 Å². The zero-order chi connectivity index (χ0) is 38.4. The molecule has 3 heterocycles. The minimum atomic E-state index is -4.43. The fraction of sp³-hybridized carbons (Fsp3) is 0.703. The molecule has 0 aliphatic carbocycles. The molecular weight excluding hydrogens is 780 g/mol. The van der Waals surface area contributed by atoms with Gasteiger partial charge in [0.25, 0.3) is 11.8 Å². The zero-order valence-electron chi connectivity index (χ0n) is 31.1. The second kappa shape index (κ2) is 15.0. The Kier molecular flexibility index (Phi) is 12.2. The molecule has 7 unspecified atom stereocenters. The second-order valence-electron chi connectivity index (χ2n) is 16.9. The number of halogens is 4. The molecule has 3 N–H and O–H groups in total. The minimum absolute atomic E-state index is 0.0191. The smallest absolute Gasteiger partial charge is 0.392 e. The van der Waals surface area contributed by atoms with Crippen LogP contribution in [0.4, 0.5) is 13.2 Å². The highest BCUT2D eigenvalue weighted by Gasteiger charge is 2.69. The Hall–Kier alpha value is -2.11. The van der Waals surface area contributed by atoms with Gasteiger partial charge in [-0.1, -0.05) is 95.3 Å². The van der Waals surface area contributed by atoms with Crippen molar-refractivity contribution in [3.8, 4) is 0 Å². The number of aliphatic hydroxyl groups is 1. The van der Waals surface area contributed by atoms with E-state index in [0.717, 1.165) is 28.3 Å². The Bertz CT molecular complexity index is 1470. The van der Waals surface area contributed by atoms with Crippen molar-refractivity contribution in [2.45, 2.75) is 108 Å². The van der Waals surface area contributed by atoms with Crippen LogP contribution in [0.15, 0.2) is 36.4 Å². The van der Waals surface area contributed by atoms with Crippen LogP contribution in [0.1, 0.15) is 89.7 Å². The molecule has 3 amide bonds. The normalized spacial score (nSPS) is 27.1. The van der Waals surface area contributed by atoms with E-state index in [-0.39, 0.29) is 40.4 Å². The maximum atomic E-state index is 13.7. The van der Waals surface area contributed by atoms with E-state index >= 15 is 0 Å². The summed E-state index contributed by atoms with van der Waals surface area (Å²) in [6, 6.07) is 6.64. The first-order valence-electron chi connectivity index (χ1n) is 17.4. The number of imide groups is 1. The summed E-state index contributed by atoms with van der Waals surface area (Å²) >= 11 is 2.35. The molecule has 0 radical (unpaired) electrons. The number of rotatable bonds is 18. The van der Waals surface area contributed by atoms with Gasteiger partial charge in [0.15, 0.2) is 0 Å². The molecule has 0 aromatic heterocycles. The Labute approximate surface area is 313 Å². The summed E-state index contributed by atoms with van der Waals surface area (Å²) in [7, 11) is 1.38. The van der Waals surface area contributed by atoms with Crippen LogP contribution in [-0.4, -0.2) is 90.1 Å². The molecule has 2 fully saturated rings. The van der Waals surface area contributed by atoms with Gasteiger partial charge in [-0.3, -0.25) is 19.3 Å². The maximum Gasteiger partial charge on any atom is 0.426 e. The van der Waals surface area contributed by atoms with Gasteiger partial charge in [0.2, 0.25) is 11.6 Å². The lowest BCUT2D eigenvalue weighted by Gasteiger charge is -2.42. The van der Waals surface area contributed by atoms with E-state index in [1.807, 2.05) is 34.6 Å². The lowest BCUT2D eigenvalue weighted by molar-refractivity contribution is -0.174. The fourth-order valence-electron chi connectivity index (χ4n) is 7.77. The molecule has 1 aromatic carbocycles. The summed E-state index contributed by atoms with van der Waals surface area (Å²) in [4.78, 5) is 36.9. The number of carbonyl (C=O) groups excluding carboxylic acids is 3. The summed E-state index contributed by atoms with van der Waals surface area (Å²) in [6.45, 7) is 17.2. The molecule has 3 aliphatic heterocycles. The van der Waals surface area contributed by atoms with Crippen LogP contribution < -0.4 is 10.7 Å². The molecule has 0 spiro atoms. The number of hydrazine groups is 1. The van der Waals surface area contributed by atoms with E-state index < -0.39 is 51.6 Å². The Balaban J connectivity index is 1.21. The molecule has 10 nitrogen and oxygen atoms in total. The van der Waals surface area contributed by atoms with Gasteiger partial charge in [-0.25, -0.2) is 10.4 Å². The van der Waals surface area contributed by atoms with Gasteiger partial charge in [-0.05, 0) is 42.2 Å². The van der Waals surface area contributed by atoms with Crippen molar-refractivity contribution in [2.75, 3.05) is 33.4 Å². The van der Waals surface area contributed by atoms with Crippen LogP contribution in [0.25, 0.3) is 0 Å². The fourth-order valence-corrected chi connectivity index (χ4v) is 9.05. The number of ether oxygens (including phenoxy) is 2. The number of nitrogens with one attached hydrogen (secondary N) is 2. The van der Waals surface area contributed by atoms with Gasteiger partial charge in [0, 0.05) is 53.5 Å². The molecule has 0 saturated carbocycles. The SMILES string of the molecule is CC(CC(I)c1ccc(C2(C(F)(F)F)NN2C)cc1)CC(C)(C)C(O)C(C)(C)COCC1(C)OC1C(C)(C)CNC(=O)CCN1C(=O)C=CC1=O. The number of epoxide rings is 1. The Morgan fingerprint density at radius 3 is 2.18 bits per heavy atom. The Morgan fingerprint density at radius 2 is 1.65 bits per heavy atom.